The van der Waals surface area contributed by atoms with Gasteiger partial charge in [0.15, 0.2) is 9.84 Å². The number of hydrogen-bond acceptors (Lipinski definition) is 4. The Morgan fingerprint density at radius 2 is 2.00 bits per heavy atom. The monoisotopic (exact) mass is 233 g/mol. The molecule has 0 amide bonds. The summed E-state index contributed by atoms with van der Waals surface area (Å²) in [7, 11) is -3.11. The van der Waals surface area contributed by atoms with Crippen molar-refractivity contribution in [2.75, 3.05) is 5.75 Å². The van der Waals surface area contributed by atoms with Crippen molar-refractivity contribution in [2.45, 2.75) is 38.5 Å². The number of rotatable bonds is 3. The molecule has 1 aromatic heterocycles. The first-order valence-electron chi connectivity index (χ1n) is 4.59. The van der Waals surface area contributed by atoms with Gasteiger partial charge in [0.25, 0.3) is 0 Å². The summed E-state index contributed by atoms with van der Waals surface area (Å²) in [5.74, 6) is 0.365. The molecule has 5 heteroatoms. The molecule has 0 aliphatic heterocycles. The second kappa shape index (κ2) is 3.98. The molecule has 14 heavy (non-hydrogen) atoms. The van der Waals surface area contributed by atoms with Gasteiger partial charge >= 0.3 is 0 Å². The first kappa shape index (κ1) is 11.7. The number of nitrogens with zero attached hydrogens (tertiary/aromatic N) is 1. The summed E-state index contributed by atoms with van der Waals surface area (Å²) < 4.78 is 27.7. The zero-order valence-electron chi connectivity index (χ0n) is 8.86. The highest BCUT2D eigenvalue weighted by Gasteiger charge is 2.23. The maximum absolute atomic E-state index is 11.8. The summed E-state index contributed by atoms with van der Waals surface area (Å²) in [4.78, 5) is 1.34. The lowest BCUT2D eigenvalue weighted by Gasteiger charge is -2.06. The fourth-order valence-electron chi connectivity index (χ4n) is 1.27. The maximum atomic E-state index is 11.8. The van der Waals surface area contributed by atoms with Crippen LogP contribution in [0.1, 0.15) is 37.3 Å². The van der Waals surface area contributed by atoms with Gasteiger partial charge in [0.2, 0.25) is 0 Å². The van der Waals surface area contributed by atoms with Gasteiger partial charge in [-0.15, -0.1) is 0 Å². The van der Waals surface area contributed by atoms with E-state index in [1.807, 2.05) is 13.8 Å². The Morgan fingerprint density at radius 1 is 1.43 bits per heavy atom. The first-order chi connectivity index (χ1) is 6.40. The van der Waals surface area contributed by atoms with Crippen LogP contribution in [0.4, 0.5) is 0 Å². The van der Waals surface area contributed by atoms with E-state index in [0.717, 1.165) is 4.88 Å². The molecule has 0 spiro atoms. The minimum atomic E-state index is -3.11. The molecule has 0 unspecified atom stereocenters. The Bertz CT molecular complexity index is 418. The topological polar surface area (TPSA) is 47.0 Å². The lowest BCUT2D eigenvalue weighted by atomic mass is 10.2. The van der Waals surface area contributed by atoms with Crippen molar-refractivity contribution in [3.8, 4) is 0 Å². The standard InChI is InChI=1S/C9H15NO2S2/c1-5-14(11,12)9-7(4)10-13-8(9)6(2)3/h6H,5H2,1-4H3. The van der Waals surface area contributed by atoms with Crippen molar-refractivity contribution < 1.29 is 8.42 Å². The zero-order chi connectivity index (χ0) is 10.9. The Labute approximate surface area is 89.2 Å². The molecule has 0 aliphatic rings. The molecule has 1 rings (SSSR count). The van der Waals surface area contributed by atoms with Gasteiger partial charge in [-0.1, -0.05) is 20.8 Å². The Morgan fingerprint density at radius 3 is 2.43 bits per heavy atom. The van der Waals surface area contributed by atoms with Gasteiger partial charge in [0.05, 0.1) is 11.4 Å². The van der Waals surface area contributed by atoms with E-state index in [2.05, 4.69) is 4.37 Å². The Balaban J connectivity index is 3.39. The van der Waals surface area contributed by atoms with Gasteiger partial charge in [-0.05, 0) is 24.4 Å². The fraction of sp³-hybridized carbons (Fsp3) is 0.667. The summed E-state index contributed by atoms with van der Waals surface area (Å²) >= 11 is 1.30. The third kappa shape index (κ3) is 1.98. The molecule has 1 heterocycles. The normalized spacial score (nSPS) is 12.4. The summed E-state index contributed by atoms with van der Waals surface area (Å²) in [6.45, 7) is 7.39. The lowest BCUT2D eigenvalue weighted by molar-refractivity contribution is 0.595. The van der Waals surface area contributed by atoms with Crippen LogP contribution in [0.2, 0.25) is 0 Å². The highest BCUT2D eigenvalue weighted by atomic mass is 32.2. The molecule has 0 saturated carbocycles. The molecule has 0 aliphatic carbocycles. The van der Waals surface area contributed by atoms with Crippen LogP contribution >= 0.6 is 11.5 Å². The van der Waals surface area contributed by atoms with E-state index >= 15 is 0 Å². The largest absolute Gasteiger partial charge is 0.224 e. The van der Waals surface area contributed by atoms with Crippen molar-refractivity contribution in [3.05, 3.63) is 10.6 Å². The van der Waals surface area contributed by atoms with Crippen LogP contribution in [0, 0.1) is 6.92 Å². The van der Waals surface area contributed by atoms with Crippen molar-refractivity contribution in [1.82, 2.24) is 4.37 Å². The van der Waals surface area contributed by atoms with Gasteiger partial charge in [-0.2, -0.15) is 4.37 Å². The molecular formula is C9H15NO2S2. The van der Waals surface area contributed by atoms with Gasteiger partial charge in [0.1, 0.15) is 4.90 Å². The summed E-state index contributed by atoms with van der Waals surface area (Å²) in [6.07, 6.45) is 0. The van der Waals surface area contributed by atoms with E-state index in [1.54, 1.807) is 13.8 Å². The predicted octanol–water partition coefficient (Wildman–Crippen LogP) is 2.37. The van der Waals surface area contributed by atoms with Crippen molar-refractivity contribution >= 4 is 21.4 Å². The molecule has 0 bridgehead atoms. The first-order valence-corrected chi connectivity index (χ1v) is 7.01. The quantitative estimate of drug-likeness (QED) is 0.805. The van der Waals surface area contributed by atoms with Gasteiger partial charge < -0.3 is 0 Å². The molecule has 0 radical (unpaired) electrons. The van der Waals surface area contributed by atoms with Crippen LogP contribution in [-0.2, 0) is 9.84 Å². The van der Waals surface area contributed by atoms with Crippen molar-refractivity contribution in [2.24, 2.45) is 0 Å². The van der Waals surface area contributed by atoms with Gasteiger partial charge in [-0.25, -0.2) is 8.42 Å². The molecule has 0 N–H and O–H groups in total. The van der Waals surface area contributed by atoms with Crippen molar-refractivity contribution in [3.63, 3.8) is 0 Å². The van der Waals surface area contributed by atoms with E-state index in [-0.39, 0.29) is 11.7 Å². The summed E-state index contributed by atoms with van der Waals surface area (Å²) in [5.41, 5.74) is 0.639. The van der Waals surface area contributed by atoms with Gasteiger partial charge in [0, 0.05) is 4.88 Å². The van der Waals surface area contributed by atoms with E-state index in [1.165, 1.54) is 11.5 Å². The maximum Gasteiger partial charge on any atom is 0.181 e. The third-order valence-corrected chi connectivity index (χ3v) is 5.31. The van der Waals surface area contributed by atoms with Crippen molar-refractivity contribution in [1.29, 1.82) is 0 Å². The summed E-state index contributed by atoms with van der Waals surface area (Å²) in [5, 5.41) is 0. The minimum absolute atomic E-state index is 0.145. The molecular weight excluding hydrogens is 218 g/mol. The SMILES string of the molecule is CCS(=O)(=O)c1c(C)nsc1C(C)C. The second-order valence-electron chi connectivity index (χ2n) is 3.52. The molecule has 0 saturated heterocycles. The fourth-order valence-corrected chi connectivity index (χ4v) is 3.91. The number of hydrogen-bond donors (Lipinski definition) is 0. The number of aryl methyl sites for hydroxylation is 1. The molecule has 0 fully saturated rings. The van der Waals surface area contributed by atoms with E-state index < -0.39 is 9.84 Å². The van der Waals surface area contributed by atoms with Crippen LogP contribution in [0.5, 0.6) is 0 Å². The highest BCUT2D eigenvalue weighted by molar-refractivity contribution is 7.91. The van der Waals surface area contributed by atoms with Crippen LogP contribution in [0.25, 0.3) is 0 Å². The number of sulfone groups is 1. The van der Waals surface area contributed by atoms with E-state index in [0.29, 0.717) is 10.6 Å². The molecule has 3 nitrogen and oxygen atoms in total. The predicted molar refractivity (Wildman–Crippen MR) is 58.7 cm³/mol. The average Bonchev–Trinajstić information content (AvgIpc) is 2.47. The highest BCUT2D eigenvalue weighted by Crippen LogP contribution is 2.30. The number of aromatic nitrogens is 1. The third-order valence-electron chi connectivity index (χ3n) is 2.05. The smallest absolute Gasteiger partial charge is 0.181 e. The average molecular weight is 233 g/mol. The van der Waals surface area contributed by atoms with Crippen LogP contribution in [0.15, 0.2) is 4.90 Å². The minimum Gasteiger partial charge on any atom is -0.224 e. The van der Waals surface area contributed by atoms with E-state index in [9.17, 15) is 8.42 Å². The molecule has 0 aromatic carbocycles. The molecule has 80 valence electrons. The van der Waals surface area contributed by atoms with E-state index in [4.69, 9.17) is 0 Å². The van der Waals surface area contributed by atoms with Crippen LogP contribution in [0.3, 0.4) is 0 Å². The summed E-state index contributed by atoms with van der Waals surface area (Å²) in [6, 6.07) is 0. The lowest BCUT2D eigenvalue weighted by Crippen LogP contribution is -2.07. The van der Waals surface area contributed by atoms with Gasteiger partial charge in [-0.3, -0.25) is 0 Å². The van der Waals surface area contributed by atoms with Crippen LogP contribution < -0.4 is 0 Å². The van der Waals surface area contributed by atoms with Crippen LogP contribution in [-0.4, -0.2) is 18.5 Å². The Kier molecular flexibility index (Phi) is 3.32. The molecule has 1 aromatic rings. The molecule has 0 atom stereocenters. The zero-order valence-corrected chi connectivity index (χ0v) is 10.5. The second-order valence-corrected chi connectivity index (χ2v) is 6.54. The Hall–Kier alpha value is -0.420.